The minimum Gasteiger partial charge on any atom is -0.394 e. The number of phenols is 2. The van der Waals surface area contributed by atoms with Gasteiger partial charge in [0, 0.05) is 0 Å². The molecular weight excluding hydrogens is 967 g/mol. The second-order valence-electron chi connectivity index (χ2n) is 17.3. The molecule has 0 aliphatic carbocycles. The number of phenolic OH excluding ortho intramolecular Hbond substituents is 2. The van der Waals surface area contributed by atoms with Gasteiger partial charge in [-0.1, -0.05) is 0 Å². The van der Waals surface area contributed by atoms with Crippen molar-refractivity contribution < 1.29 is 118 Å². The van der Waals surface area contributed by atoms with Crippen LogP contribution in [-0.4, -0.2) is 195 Å². The summed E-state index contributed by atoms with van der Waals surface area (Å²) in [5, 5.41) is 140. The molecule has 4 fully saturated rings. The Hall–Kier alpha value is -2.34. The van der Waals surface area contributed by atoms with E-state index >= 15 is 0 Å². The number of allylic oxidation sites excluding steroid dienone is 2. The van der Waals surface area contributed by atoms with E-state index in [1.165, 1.54) is 6.92 Å². The van der Waals surface area contributed by atoms with Crippen LogP contribution in [-0.2, 0) is 23.7 Å². The van der Waals surface area contributed by atoms with Crippen LogP contribution in [0.3, 0.4) is 0 Å². The summed E-state index contributed by atoms with van der Waals surface area (Å²) in [6.45, 7) is -0.147. The number of aliphatic hydroxyl groups is 11. The van der Waals surface area contributed by atoms with Gasteiger partial charge in [0.1, 0.15) is 42.7 Å². The minimum absolute atomic E-state index is 0.0868. The smallest absolute Gasteiger partial charge is 0.394 e. The van der Waals surface area contributed by atoms with Gasteiger partial charge in [-0.15, -0.1) is 0 Å². The predicted molar refractivity (Wildman–Crippen MR) is 215 cm³/mol. The molecule has 6 heterocycles. The van der Waals surface area contributed by atoms with Gasteiger partial charge in [-0.2, -0.15) is 0 Å². The van der Waals surface area contributed by atoms with Crippen molar-refractivity contribution in [3.05, 3.63) is 40.3 Å². The first-order valence-corrected chi connectivity index (χ1v) is 27.4. The third-order valence-electron chi connectivity index (χ3n) is 12.9. The summed E-state index contributed by atoms with van der Waals surface area (Å²) in [7, 11) is 0. The van der Waals surface area contributed by atoms with Crippen LogP contribution < -0.4 is 28.6 Å². The first-order chi connectivity index (χ1) is 30.5. The Bertz CT molecular complexity index is 1970. The fourth-order valence-corrected chi connectivity index (χ4v) is 19.8. The molecule has 5 aliphatic heterocycles. The van der Waals surface area contributed by atoms with Crippen molar-refractivity contribution in [3.63, 3.8) is 0 Å². The minimum atomic E-state index is -3.20. The zero-order valence-corrected chi connectivity index (χ0v) is 37.3. The van der Waals surface area contributed by atoms with Gasteiger partial charge in [-0.05, 0) is 6.92 Å². The molecular formula is C42H62IO21-. The van der Waals surface area contributed by atoms with Crippen molar-refractivity contribution in [1.29, 1.82) is 0 Å². The summed E-state index contributed by atoms with van der Waals surface area (Å²) < 4.78 is 42.2. The van der Waals surface area contributed by atoms with Crippen molar-refractivity contribution in [2.45, 2.75) is 160 Å². The van der Waals surface area contributed by atoms with E-state index in [4.69, 9.17) is 32.8 Å². The Kier molecular flexibility index (Phi) is 16.2. The molecule has 0 radical (unpaired) electrons. The van der Waals surface area contributed by atoms with Crippen LogP contribution in [0.1, 0.15) is 63.5 Å². The van der Waals surface area contributed by atoms with Crippen molar-refractivity contribution in [3.8, 4) is 17.2 Å². The Labute approximate surface area is 371 Å². The number of aliphatic hydroxyl groups excluding tert-OH is 11. The van der Waals surface area contributed by atoms with Crippen LogP contribution >= 0.6 is 0 Å². The van der Waals surface area contributed by atoms with E-state index in [-0.39, 0.29) is 17.8 Å². The quantitative estimate of drug-likeness (QED) is 0.0632. The molecule has 21 nitrogen and oxygen atoms in total. The molecule has 0 bridgehead atoms. The van der Waals surface area contributed by atoms with E-state index in [0.717, 1.165) is 48.7 Å². The third kappa shape index (κ3) is 10.1. The molecule has 1 aromatic heterocycles. The normalized spacial score (nSPS) is 44.1. The molecule has 7 rings (SSSR count). The van der Waals surface area contributed by atoms with Crippen molar-refractivity contribution >= 4 is 11.0 Å². The number of hydrogen-bond acceptors (Lipinski definition) is 21. The van der Waals surface area contributed by atoms with E-state index < -0.39 is 168 Å². The van der Waals surface area contributed by atoms with Crippen molar-refractivity contribution in [1.82, 2.24) is 0 Å². The number of aromatic hydroxyl groups is 2. The topological polar surface area (TPSA) is 349 Å². The third-order valence-corrected chi connectivity index (χ3v) is 24.4. The number of halogens is 1. The summed E-state index contributed by atoms with van der Waals surface area (Å²) >= 11 is -3.20. The van der Waals surface area contributed by atoms with Gasteiger partial charge in [-0.3, -0.25) is 0 Å². The molecule has 13 unspecified atom stereocenters. The molecule has 64 heavy (non-hydrogen) atoms. The Morgan fingerprint density at radius 1 is 0.734 bits per heavy atom. The van der Waals surface area contributed by atoms with E-state index in [1.807, 2.05) is 0 Å². The van der Waals surface area contributed by atoms with Gasteiger partial charge in [0.2, 0.25) is 0 Å². The van der Waals surface area contributed by atoms with Crippen LogP contribution in [0.2, 0.25) is 0 Å². The van der Waals surface area contributed by atoms with Gasteiger partial charge in [0.05, 0.1) is 12.7 Å². The summed E-state index contributed by atoms with van der Waals surface area (Å²) in [5.41, 5.74) is -1.22. The monoisotopic (exact) mass is 1030 g/mol. The van der Waals surface area contributed by atoms with Crippen LogP contribution in [0.25, 0.3) is 11.0 Å². The Morgan fingerprint density at radius 3 is 2.17 bits per heavy atom. The summed E-state index contributed by atoms with van der Waals surface area (Å²) in [6, 6.07) is 2.01. The fourth-order valence-electron chi connectivity index (χ4n) is 9.08. The van der Waals surface area contributed by atoms with Gasteiger partial charge >= 0.3 is 265 Å². The number of alkyl halides is 4. The maximum absolute atomic E-state index is 14.5. The molecule has 5 aliphatic rings. The van der Waals surface area contributed by atoms with E-state index in [1.54, 1.807) is 0 Å². The molecule has 2 aromatic rings. The van der Waals surface area contributed by atoms with Gasteiger partial charge in [0.25, 0.3) is 0 Å². The summed E-state index contributed by atoms with van der Waals surface area (Å²) in [5.74, 6) is -2.69. The van der Waals surface area contributed by atoms with Gasteiger partial charge < -0.3 is 45.2 Å². The molecule has 0 amide bonds. The molecule has 0 saturated carbocycles. The Morgan fingerprint density at radius 2 is 1.42 bits per heavy atom. The zero-order chi connectivity index (χ0) is 46.2. The summed E-state index contributed by atoms with van der Waals surface area (Å²) in [6.07, 6.45) is -18.1. The molecule has 13 N–H and O–H groups in total. The van der Waals surface area contributed by atoms with Gasteiger partial charge in [-0.25, -0.2) is 0 Å². The number of fused-ring (bicyclic) bond motifs is 1. The molecule has 1 spiro atoms. The number of hydrogen-bond donors (Lipinski definition) is 13. The number of benzene rings is 1. The molecule has 19 atom stereocenters. The first kappa shape index (κ1) is 49.6. The van der Waals surface area contributed by atoms with E-state index in [2.05, 4.69) is 12.2 Å². The zero-order valence-electron chi connectivity index (χ0n) is 35.1. The average Bonchev–Trinajstić information content (AvgIpc) is 3.38. The standard InChI is InChI=1S/C42H62IO21/c1-18-27(48)30(51)33(54)40(59-18)58-17-25-37(63-41-34(55)31(52)28(49)24(16-44)61-41)32(53)35(56)42(62-25)64-38-29(50)26-21(46)14-20(45)15-23(26)60-36(38)19-9-12-43(39(57)22(47)13-19)10-7-5-3-2-4-6-8-11-43/h5,7,14-15,18-19,22,24-25,27-28,30-35,37,39-42,44-49,51-57H,2-4,6,8-13,16-17H2,1H3/q-1/b7-5-/t18?,19?,22?,24?,25?,27-,28+,30?,31?,32?,33?,34?,35?,37+,39?,40+,41-,42-/m0/s1. The number of ether oxygens (including phenoxy) is 6. The van der Waals surface area contributed by atoms with Gasteiger partial charge in [0.15, 0.2) is 0 Å². The second kappa shape index (κ2) is 20.9. The predicted octanol–water partition coefficient (Wildman–Crippen LogP) is -5.70. The maximum atomic E-state index is 14.5. The fraction of sp³-hybridized carbons (Fsp3) is 0.738. The molecule has 4 saturated heterocycles. The average molecular weight is 1030 g/mol. The van der Waals surface area contributed by atoms with Crippen LogP contribution in [0, 0.1) is 0 Å². The number of rotatable bonds is 9. The summed E-state index contributed by atoms with van der Waals surface area (Å²) in [4.78, 5) is 14.5. The van der Waals surface area contributed by atoms with Crippen molar-refractivity contribution in [2.75, 3.05) is 26.5 Å². The van der Waals surface area contributed by atoms with Crippen LogP contribution in [0.5, 0.6) is 17.2 Å². The Balaban J connectivity index is 1.23. The SMILES string of the molecule is CC1O[C@@H](OCC2O[C@@H](Oc3c(C4CC[I-]5(C/C=C\CCCCCC5)C(O)C(O)C4)oc4cc(O)cc(O)c4c3=O)C(O)C(O)[C@@H]2O[C@@H]2OC(CO)[C@@H](O)C(O)C2O)C(O)C(O)[C@H]1O. The van der Waals surface area contributed by atoms with Crippen molar-refractivity contribution in [2.24, 2.45) is 0 Å². The molecule has 364 valence electrons. The van der Waals surface area contributed by atoms with E-state index in [0.29, 0.717) is 15.3 Å². The second-order valence-corrected chi connectivity index (χ2v) is 27.5. The van der Waals surface area contributed by atoms with E-state index in [9.17, 15) is 71.2 Å². The van der Waals surface area contributed by atoms with Crippen LogP contribution in [0.15, 0.2) is 33.5 Å². The molecule has 22 heteroatoms. The molecule has 1 aromatic carbocycles. The first-order valence-electron chi connectivity index (χ1n) is 21.6. The van der Waals surface area contributed by atoms with Crippen LogP contribution in [0.4, 0.5) is 0 Å².